The Balaban J connectivity index is 3.23. The Morgan fingerprint density at radius 2 is 2.20 bits per heavy atom. The van der Waals surface area contributed by atoms with Crippen LogP contribution in [-0.4, -0.2) is 23.4 Å². The van der Waals surface area contributed by atoms with Crippen molar-refractivity contribution in [3.8, 4) is 0 Å². The second-order valence-corrected chi connectivity index (χ2v) is 3.66. The van der Waals surface area contributed by atoms with E-state index in [1.807, 2.05) is 20.8 Å². The standard InChI is InChI=1S/C11H16N2O2/c1-5-11(3,15-4)10-12-8(2)6-9(7-14)13-10/h6-7H,5H2,1-4H3. The molecule has 0 fully saturated rings. The summed E-state index contributed by atoms with van der Waals surface area (Å²) in [5.41, 5.74) is 0.650. The first-order valence-corrected chi connectivity index (χ1v) is 4.92. The van der Waals surface area contributed by atoms with Crippen molar-refractivity contribution >= 4 is 6.29 Å². The number of carbonyl (C=O) groups is 1. The minimum atomic E-state index is -0.524. The van der Waals surface area contributed by atoms with Crippen LogP contribution in [0.4, 0.5) is 0 Å². The van der Waals surface area contributed by atoms with Crippen molar-refractivity contribution in [1.29, 1.82) is 0 Å². The van der Waals surface area contributed by atoms with E-state index in [2.05, 4.69) is 9.97 Å². The molecule has 0 spiro atoms. The Morgan fingerprint density at radius 3 is 2.67 bits per heavy atom. The predicted molar refractivity (Wildman–Crippen MR) is 56.8 cm³/mol. The third-order valence-corrected chi connectivity index (χ3v) is 2.59. The van der Waals surface area contributed by atoms with Crippen LogP contribution in [0, 0.1) is 6.92 Å². The summed E-state index contributed by atoms with van der Waals surface area (Å²) in [5.74, 6) is 0.564. The number of carbonyl (C=O) groups excluding carboxylic acids is 1. The predicted octanol–water partition coefficient (Wildman–Crippen LogP) is 1.87. The van der Waals surface area contributed by atoms with E-state index in [9.17, 15) is 4.79 Å². The molecule has 1 aromatic rings. The SMILES string of the molecule is CCC(C)(OC)c1nc(C)cc(C=O)n1. The lowest BCUT2D eigenvalue weighted by Gasteiger charge is -2.25. The lowest BCUT2D eigenvalue weighted by molar-refractivity contribution is -0.00919. The van der Waals surface area contributed by atoms with Crippen LogP contribution >= 0.6 is 0 Å². The van der Waals surface area contributed by atoms with Gasteiger partial charge >= 0.3 is 0 Å². The summed E-state index contributed by atoms with van der Waals surface area (Å²) in [7, 11) is 1.62. The summed E-state index contributed by atoms with van der Waals surface area (Å²) in [6, 6.07) is 1.66. The third-order valence-electron chi connectivity index (χ3n) is 2.59. The molecule has 0 radical (unpaired) electrons. The summed E-state index contributed by atoms with van der Waals surface area (Å²) >= 11 is 0. The molecule has 0 aliphatic carbocycles. The van der Waals surface area contributed by atoms with E-state index in [0.717, 1.165) is 18.4 Å². The van der Waals surface area contributed by atoms with Gasteiger partial charge in [-0.25, -0.2) is 9.97 Å². The smallest absolute Gasteiger partial charge is 0.168 e. The molecule has 0 aliphatic rings. The van der Waals surface area contributed by atoms with E-state index in [0.29, 0.717) is 11.5 Å². The van der Waals surface area contributed by atoms with Crippen LogP contribution in [0.1, 0.15) is 42.3 Å². The van der Waals surface area contributed by atoms with Crippen molar-refractivity contribution < 1.29 is 9.53 Å². The summed E-state index contributed by atoms with van der Waals surface area (Å²) < 4.78 is 5.39. The van der Waals surface area contributed by atoms with Crippen LogP contribution in [0.5, 0.6) is 0 Å². The Labute approximate surface area is 89.7 Å². The first-order valence-electron chi connectivity index (χ1n) is 4.92. The second-order valence-electron chi connectivity index (χ2n) is 3.66. The van der Waals surface area contributed by atoms with Crippen molar-refractivity contribution in [2.45, 2.75) is 32.8 Å². The molecule has 1 aromatic heterocycles. The lowest BCUT2D eigenvalue weighted by atomic mass is 10.0. The number of aldehydes is 1. The fourth-order valence-corrected chi connectivity index (χ4v) is 1.28. The third kappa shape index (κ3) is 2.39. The first kappa shape index (κ1) is 11.8. The summed E-state index contributed by atoms with van der Waals surface area (Å²) in [6.07, 6.45) is 1.48. The van der Waals surface area contributed by atoms with E-state index < -0.39 is 5.60 Å². The highest BCUT2D eigenvalue weighted by Gasteiger charge is 2.27. The zero-order chi connectivity index (χ0) is 11.5. The van der Waals surface area contributed by atoms with Crippen LogP contribution in [0.25, 0.3) is 0 Å². The molecular weight excluding hydrogens is 192 g/mol. The average molecular weight is 208 g/mol. The number of nitrogens with zero attached hydrogens (tertiary/aromatic N) is 2. The molecule has 15 heavy (non-hydrogen) atoms. The quantitative estimate of drug-likeness (QED) is 0.709. The molecule has 82 valence electrons. The van der Waals surface area contributed by atoms with Crippen molar-refractivity contribution in [1.82, 2.24) is 9.97 Å². The molecule has 0 amide bonds. The van der Waals surface area contributed by atoms with Crippen LogP contribution in [-0.2, 0) is 10.3 Å². The number of aromatic nitrogens is 2. The van der Waals surface area contributed by atoms with Gasteiger partial charge in [-0.15, -0.1) is 0 Å². The van der Waals surface area contributed by atoms with Crippen molar-refractivity contribution in [3.05, 3.63) is 23.3 Å². The minimum Gasteiger partial charge on any atom is -0.371 e. The Kier molecular flexibility index (Phi) is 3.52. The van der Waals surface area contributed by atoms with E-state index in [1.54, 1.807) is 13.2 Å². The van der Waals surface area contributed by atoms with Gasteiger partial charge in [0.2, 0.25) is 0 Å². The zero-order valence-electron chi connectivity index (χ0n) is 9.57. The van der Waals surface area contributed by atoms with Crippen molar-refractivity contribution in [2.75, 3.05) is 7.11 Å². The van der Waals surface area contributed by atoms with Gasteiger partial charge in [-0.3, -0.25) is 4.79 Å². The molecule has 1 atom stereocenters. The summed E-state index contributed by atoms with van der Waals surface area (Å²) in [5, 5.41) is 0. The van der Waals surface area contributed by atoms with Crippen LogP contribution in [0.15, 0.2) is 6.07 Å². The molecule has 4 heteroatoms. The van der Waals surface area contributed by atoms with Crippen molar-refractivity contribution in [2.24, 2.45) is 0 Å². The number of rotatable bonds is 4. The van der Waals surface area contributed by atoms with Gasteiger partial charge < -0.3 is 4.74 Å². The highest BCUT2D eigenvalue weighted by atomic mass is 16.5. The van der Waals surface area contributed by atoms with Gasteiger partial charge in [0.15, 0.2) is 12.1 Å². The molecule has 0 N–H and O–H groups in total. The van der Waals surface area contributed by atoms with Crippen LogP contribution in [0.2, 0.25) is 0 Å². The summed E-state index contributed by atoms with van der Waals surface area (Å²) in [4.78, 5) is 19.1. The van der Waals surface area contributed by atoms with E-state index >= 15 is 0 Å². The lowest BCUT2D eigenvalue weighted by Crippen LogP contribution is -2.27. The van der Waals surface area contributed by atoms with E-state index in [4.69, 9.17) is 4.74 Å². The molecule has 4 nitrogen and oxygen atoms in total. The molecule has 1 rings (SSSR count). The highest BCUT2D eigenvalue weighted by Crippen LogP contribution is 2.25. The number of hydrogen-bond acceptors (Lipinski definition) is 4. The molecule has 0 aliphatic heterocycles. The monoisotopic (exact) mass is 208 g/mol. The molecule has 1 heterocycles. The van der Waals surface area contributed by atoms with Crippen molar-refractivity contribution in [3.63, 3.8) is 0 Å². The van der Waals surface area contributed by atoms with Gasteiger partial charge in [0.05, 0.1) is 0 Å². The van der Waals surface area contributed by atoms with Gasteiger partial charge in [-0.05, 0) is 26.3 Å². The Morgan fingerprint density at radius 1 is 1.53 bits per heavy atom. The van der Waals surface area contributed by atoms with Crippen LogP contribution < -0.4 is 0 Å². The fourth-order valence-electron chi connectivity index (χ4n) is 1.28. The van der Waals surface area contributed by atoms with Gasteiger partial charge in [-0.1, -0.05) is 6.92 Å². The number of ether oxygens (including phenoxy) is 1. The minimum absolute atomic E-state index is 0.397. The highest BCUT2D eigenvalue weighted by molar-refractivity contribution is 5.71. The maximum atomic E-state index is 10.7. The maximum Gasteiger partial charge on any atom is 0.168 e. The van der Waals surface area contributed by atoms with Gasteiger partial charge in [-0.2, -0.15) is 0 Å². The van der Waals surface area contributed by atoms with E-state index in [1.165, 1.54) is 0 Å². The van der Waals surface area contributed by atoms with Gasteiger partial charge in [0.25, 0.3) is 0 Å². The van der Waals surface area contributed by atoms with Crippen LogP contribution in [0.3, 0.4) is 0 Å². The average Bonchev–Trinajstić information content (AvgIpc) is 2.27. The normalized spacial score (nSPS) is 14.7. The Hall–Kier alpha value is -1.29. The number of aryl methyl sites for hydroxylation is 1. The molecule has 0 saturated carbocycles. The second kappa shape index (κ2) is 4.49. The van der Waals surface area contributed by atoms with Gasteiger partial charge in [0.1, 0.15) is 11.3 Å². The molecule has 1 unspecified atom stereocenters. The largest absolute Gasteiger partial charge is 0.371 e. The number of hydrogen-bond donors (Lipinski definition) is 0. The molecule has 0 aromatic carbocycles. The maximum absolute atomic E-state index is 10.7. The fraction of sp³-hybridized carbons (Fsp3) is 0.545. The molecule has 0 saturated heterocycles. The number of methoxy groups -OCH3 is 1. The molecular formula is C11H16N2O2. The zero-order valence-corrected chi connectivity index (χ0v) is 9.57. The topological polar surface area (TPSA) is 52.1 Å². The summed E-state index contributed by atoms with van der Waals surface area (Å²) in [6.45, 7) is 5.75. The molecule has 0 bridgehead atoms. The Bertz CT molecular complexity index is 360. The van der Waals surface area contributed by atoms with E-state index in [-0.39, 0.29) is 0 Å². The first-order chi connectivity index (χ1) is 7.05. The van der Waals surface area contributed by atoms with Gasteiger partial charge in [0, 0.05) is 12.8 Å².